The Hall–Kier alpha value is -1.31. The number of benzene rings is 1. The van der Waals surface area contributed by atoms with Gasteiger partial charge in [0.25, 0.3) is 0 Å². The van der Waals surface area contributed by atoms with Crippen molar-refractivity contribution in [3.05, 3.63) is 29.3 Å². The number of nitrogens with one attached hydrogen (secondary N) is 1. The predicted octanol–water partition coefficient (Wildman–Crippen LogP) is 2.51. The van der Waals surface area contributed by atoms with Gasteiger partial charge in [0, 0.05) is 11.8 Å². The van der Waals surface area contributed by atoms with Crippen LogP contribution in [0.2, 0.25) is 0 Å². The van der Waals surface area contributed by atoms with E-state index < -0.39 is 0 Å². The van der Waals surface area contributed by atoms with E-state index in [1.165, 1.54) is 0 Å². The van der Waals surface area contributed by atoms with Crippen LogP contribution in [0.1, 0.15) is 30.9 Å². The van der Waals surface area contributed by atoms with Crippen molar-refractivity contribution in [2.24, 2.45) is 0 Å². The SMILES string of the molecule is CC(C)c1ccc(C=N)c(O)c1. The number of rotatable bonds is 2. The molecular weight excluding hydrogens is 150 g/mol. The Balaban J connectivity index is 3.10. The van der Waals surface area contributed by atoms with Gasteiger partial charge in [-0.05, 0) is 23.6 Å². The zero-order valence-electron chi connectivity index (χ0n) is 7.33. The molecular formula is C10H13NO. The molecule has 0 atom stereocenters. The molecule has 0 aliphatic rings. The van der Waals surface area contributed by atoms with Gasteiger partial charge in [0.15, 0.2) is 0 Å². The summed E-state index contributed by atoms with van der Waals surface area (Å²) in [6.07, 6.45) is 1.15. The third-order valence-corrected chi connectivity index (χ3v) is 1.88. The van der Waals surface area contributed by atoms with Crippen molar-refractivity contribution in [3.63, 3.8) is 0 Å². The first-order valence-corrected chi connectivity index (χ1v) is 3.98. The smallest absolute Gasteiger partial charge is 0.124 e. The molecule has 1 aromatic carbocycles. The molecule has 0 radical (unpaired) electrons. The molecule has 0 saturated heterocycles. The first-order chi connectivity index (χ1) is 5.65. The molecule has 0 amide bonds. The van der Waals surface area contributed by atoms with Crippen LogP contribution in [0.15, 0.2) is 18.2 Å². The first-order valence-electron chi connectivity index (χ1n) is 3.98. The number of hydrogen-bond acceptors (Lipinski definition) is 2. The topological polar surface area (TPSA) is 44.1 Å². The lowest BCUT2D eigenvalue weighted by Gasteiger charge is -2.06. The Bertz CT molecular complexity index is 292. The molecule has 2 N–H and O–H groups in total. The average molecular weight is 163 g/mol. The van der Waals surface area contributed by atoms with Gasteiger partial charge in [-0.2, -0.15) is 0 Å². The van der Waals surface area contributed by atoms with Crippen molar-refractivity contribution in [1.82, 2.24) is 0 Å². The third kappa shape index (κ3) is 1.64. The van der Waals surface area contributed by atoms with Gasteiger partial charge < -0.3 is 10.5 Å². The highest BCUT2D eigenvalue weighted by Gasteiger charge is 2.02. The summed E-state index contributed by atoms with van der Waals surface area (Å²) >= 11 is 0. The zero-order valence-corrected chi connectivity index (χ0v) is 7.33. The Morgan fingerprint density at radius 3 is 2.50 bits per heavy atom. The van der Waals surface area contributed by atoms with Crippen molar-refractivity contribution in [2.45, 2.75) is 19.8 Å². The molecule has 0 heterocycles. The standard InChI is InChI=1S/C10H13NO/c1-7(2)8-3-4-9(6-11)10(12)5-8/h3-7,11-12H,1-2H3. The molecule has 12 heavy (non-hydrogen) atoms. The van der Waals surface area contributed by atoms with Gasteiger partial charge in [0.2, 0.25) is 0 Å². The van der Waals surface area contributed by atoms with Crippen LogP contribution < -0.4 is 0 Å². The van der Waals surface area contributed by atoms with Crippen molar-refractivity contribution in [2.75, 3.05) is 0 Å². The molecule has 64 valence electrons. The molecule has 0 aliphatic carbocycles. The molecule has 2 heteroatoms. The molecule has 0 unspecified atom stereocenters. The van der Waals surface area contributed by atoms with Crippen LogP contribution in [0.25, 0.3) is 0 Å². The van der Waals surface area contributed by atoms with E-state index in [1.54, 1.807) is 12.1 Å². The van der Waals surface area contributed by atoms with Crippen molar-refractivity contribution in [1.29, 1.82) is 5.41 Å². The van der Waals surface area contributed by atoms with Gasteiger partial charge in [0.1, 0.15) is 5.75 Å². The first kappa shape index (κ1) is 8.78. The molecule has 0 bridgehead atoms. The van der Waals surface area contributed by atoms with Crippen LogP contribution >= 0.6 is 0 Å². The second kappa shape index (κ2) is 3.39. The number of hydrogen-bond donors (Lipinski definition) is 2. The predicted molar refractivity (Wildman–Crippen MR) is 50.1 cm³/mol. The van der Waals surface area contributed by atoms with E-state index in [0.29, 0.717) is 11.5 Å². The molecule has 0 aromatic heterocycles. The minimum atomic E-state index is 0.191. The second-order valence-electron chi connectivity index (χ2n) is 3.12. The fraction of sp³-hybridized carbons (Fsp3) is 0.300. The maximum Gasteiger partial charge on any atom is 0.124 e. The van der Waals surface area contributed by atoms with Crippen LogP contribution in [0.4, 0.5) is 0 Å². The van der Waals surface area contributed by atoms with Gasteiger partial charge >= 0.3 is 0 Å². The molecule has 1 rings (SSSR count). The lowest BCUT2D eigenvalue weighted by molar-refractivity contribution is 0.473. The van der Waals surface area contributed by atoms with E-state index in [9.17, 15) is 5.11 Å². The lowest BCUT2D eigenvalue weighted by atomic mass is 10.0. The normalized spacial score (nSPS) is 10.2. The lowest BCUT2D eigenvalue weighted by Crippen LogP contribution is -1.88. The van der Waals surface area contributed by atoms with E-state index in [4.69, 9.17) is 5.41 Å². The van der Waals surface area contributed by atoms with E-state index in [1.807, 2.05) is 6.07 Å². The summed E-state index contributed by atoms with van der Waals surface area (Å²) in [7, 11) is 0. The van der Waals surface area contributed by atoms with Crippen LogP contribution in [0.5, 0.6) is 5.75 Å². The summed E-state index contributed by atoms with van der Waals surface area (Å²) in [6.45, 7) is 4.14. The van der Waals surface area contributed by atoms with Gasteiger partial charge in [-0.1, -0.05) is 19.9 Å². The molecule has 0 fully saturated rings. The molecule has 0 saturated carbocycles. The van der Waals surface area contributed by atoms with E-state index >= 15 is 0 Å². The van der Waals surface area contributed by atoms with E-state index in [0.717, 1.165) is 11.8 Å². The minimum Gasteiger partial charge on any atom is -0.507 e. The molecule has 2 nitrogen and oxygen atoms in total. The summed E-state index contributed by atoms with van der Waals surface area (Å²) in [6, 6.07) is 5.41. The summed E-state index contributed by atoms with van der Waals surface area (Å²) in [5, 5.41) is 16.4. The molecule has 0 aliphatic heterocycles. The van der Waals surface area contributed by atoms with Gasteiger partial charge in [0.05, 0.1) is 0 Å². The molecule has 1 aromatic rings. The monoisotopic (exact) mass is 163 g/mol. The number of aromatic hydroxyl groups is 1. The summed E-state index contributed by atoms with van der Waals surface area (Å²) < 4.78 is 0. The molecule has 0 spiro atoms. The number of phenolic OH excluding ortho intramolecular Hbond substituents is 1. The van der Waals surface area contributed by atoms with Crippen molar-refractivity contribution in [3.8, 4) is 5.75 Å². The highest BCUT2D eigenvalue weighted by Crippen LogP contribution is 2.22. The van der Waals surface area contributed by atoms with Crippen LogP contribution in [-0.2, 0) is 0 Å². The highest BCUT2D eigenvalue weighted by molar-refractivity contribution is 5.81. The van der Waals surface area contributed by atoms with Gasteiger partial charge in [-0.3, -0.25) is 0 Å². The summed E-state index contributed by atoms with van der Waals surface area (Å²) in [5.74, 6) is 0.604. The second-order valence-corrected chi connectivity index (χ2v) is 3.12. The van der Waals surface area contributed by atoms with E-state index in [2.05, 4.69) is 13.8 Å². The third-order valence-electron chi connectivity index (χ3n) is 1.88. The average Bonchev–Trinajstić information content (AvgIpc) is 2.04. The van der Waals surface area contributed by atoms with Crippen LogP contribution in [0.3, 0.4) is 0 Å². The Kier molecular flexibility index (Phi) is 2.48. The van der Waals surface area contributed by atoms with Gasteiger partial charge in [-0.25, -0.2) is 0 Å². The fourth-order valence-corrected chi connectivity index (χ4v) is 1.04. The maximum absolute atomic E-state index is 9.39. The van der Waals surface area contributed by atoms with Gasteiger partial charge in [-0.15, -0.1) is 0 Å². The highest BCUT2D eigenvalue weighted by atomic mass is 16.3. The van der Waals surface area contributed by atoms with Crippen LogP contribution in [0, 0.1) is 5.41 Å². The Morgan fingerprint density at radius 1 is 1.42 bits per heavy atom. The summed E-state index contributed by atoms with van der Waals surface area (Å²) in [4.78, 5) is 0. The summed E-state index contributed by atoms with van der Waals surface area (Å²) in [5.41, 5.74) is 1.66. The quantitative estimate of drug-likeness (QED) is 0.646. The maximum atomic E-state index is 9.39. The fourth-order valence-electron chi connectivity index (χ4n) is 1.04. The van der Waals surface area contributed by atoms with Crippen molar-refractivity contribution >= 4 is 6.21 Å². The Labute approximate surface area is 72.4 Å². The zero-order chi connectivity index (χ0) is 9.14. The van der Waals surface area contributed by atoms with E-state index in [-0.39, 0.29) is 5.75 Å². The minimum absolute atomic E-state index is 0.191. The van der Waals surface area contributed by atoms with Crippen molar-refractivity contribution < 1.29 is 5.11 Å². The largest absolute Gasteiger partial charge is 0.507 e. The van der Waals surface area contributed by atoms with Crippen LogP contribution in [-0.4, -0.2) is 11.3 Å². The number of phenols is 1. The Morgan fingerprint density at radius 2 is 2.08 bits per heavy atom.